The molecule has 1 rings (SSSR count). The zero-order valence-corrected chi connectivity index (χ0v) is 11.6. The van der Waals surface area contributed by atoms with Crippen LogP contribution in [0.3, 0.4) is 0 Å². The molecule has 0 aromatic heterocycles. The predicted molar refractivity (Wildman–Crippen MR) is 73.9 cm³/mol. The Hall–Kier alpha value is -1.35. The van der Waals surface area contributed by atoms with Crippen LogP contribution in [0.5, 0.6) is 0 Å². The molecule has 1 N–H and O–H groups in total. The Morgan fingerprint density at radius 3 is 2.56 bits per heavy atom. The van der Waals surface area contributed by atoms with Crippen molar-refractivity contribution in [3.63, 3.8) is 0 Å². The van der Waals surface area contributed by atoms with Crippen molar-refractivity contribution in [3.8, 4) is 0 Å². The number of aryl methyl sites for hydroxylation is 1. The molecule has 1 atom stereocenters. The van der Waals surface area contributed by atoms with Crippen molar-refractivity contribution in [2.24, 2.45) is 0 Å². The fourth-order valence-electron chi connectivity index (χ4n) is 1.54. The first kappa shape index (κ1) is 14.7. The summed E-state index contributed by atoms with van der Waals surface area (Å²) in [6, 6.07) is 6.71. The minimum Gasteiger partial charge on any atom is -0.208 e. The van der Waals surface area contributed by atoms with Gasteiger partial charge in [-0.05, 0) is 44.9 Å². The summed E-state index contributed by atoms with van der Waals surface area (Å²) in [7, 11) is -3.41. The van der Waals surface area contributed by atoms with Crippen LogP contribution in [0.1, 0.15) is 25.3 Å². The Bertz CT molecular complexity index is 525. The lowest BCUT2D eigenvalue weighted by Crippen LogP contribution is -2.32. The van der Waals surface area contributed by atoms with Gasteiger partial charge in [-0.3, -0.25) is 0 Å². The van der Waals surface area contributed by atoms with Crippen LogP contribution < -0.4 is 4.72 Å². The summed E-state index contributed by atoms with van der Waals surface area (Å²) in [5, 5.41) is 0. The smallest absolute Gasteiger partial charge is 0.208 e. The molecule has 0 aliphatic carbocycles. The number of hydrogen-bond acceptors (Lipinski definition) is 2. The molecular weight excluding hydrogens is 246 g/mol. The number of allylic oxidation sites excluding steroid dienone is 1. The number of nitrogens with one attached hydrogen (secondary N) is 1. The maximum absolute atomic E-state index is 12.0. The lowest BCUT2D eigenvalue weighted by atomic mass is 10.2. The van der Waals surface area contributed by atoms with Crippen LogP contribution in [0.4, 0.5) is 0 Å². The minimum absolute atomic E-state index is 0.110. The van der Waals surface area contributed by atoms with Crippen LogP contribution in [0, 0.1) is 6.92 Å². The maximum atomic E-state index is 12.0. The first-order chi connectivity index (χ1) is 8.45. The second kappa shape index (κ2) is 6.55. The molecule has 0 radical (unpaired) electrons. The summed E-state index contributed by atoms with van der Waals surface area (Å²) in [6.45, 7) is 7.24. The fraction of sp³-hybridized carbons (Fsp3) is 0.357. The minimum atomic E-state index is -3.41. The van der Waals surface area contributed by atoms with Crippen LogP contribution in [0.15, 0.2) is 47.5 Å². The summed E-state index contributed by atoms with van der Waals surface area (Å²) in [4.78, 5) is 0.305. The quantitative estimate of drug-likeness (QED) is 0.804. The maximum Gasteiger partial charge on any atom is 0.240 e. The summed E-state index contributed by atoms with van der Waals surface area (Å²) in [6.07, 6.45) is 3.30. The van der Waals surface area contributed by atoms with E-state index in [-0.39, 0.29) is 6.04 Å². The van der Waals surface area contributed by atoms with E-state index in [0.717, 1.165) is 18.4 Å². The summed E-state index contributed by atoms with van der Waals surface area (Å²) in [5.41, 5.74) is 3.71. The van der Waals surface area contributed by atoms with Crippen molar-refractivity contribution < 1.29 is 8.42 Å². The average Bonchev–Trinajstić information content (AvgIpc) is 2.29. The number of rotatable bonds is 6. The third-order valence-corrected chi connectivity index (χ3v) is 4.18. The average molecular weight is 265 g/mol. The molecule has 0 aliphatic rings. The second-order valence-electron chi connectivity index (χ2n) is 4.32. The fourth-order valence-corrected chi connectivity index (χ4v) is 2.82. The van der Waals surface area contributed by atoms with Crippen molar-refractivity contribution in [1.82, 2.24) is 4.72 Å². The topological polar surface area (TPSA) is 46.2 Å². The molecule has 1 aromatic carbocycles. The molecule has 0 spiro atoms. The molecule has 0 aliphatic heterocycles. The van der Waals surface area contributed by atoms with Gasteiger partial charge in [0.15, 0.2) is 0 Å². The van der Waals surface area contributed by atoms with Crippen molar-refractivity contribution >= 4 is 10.0 Å². The highest BCUT2D eigenvalue weighted by Gasteiger charge is 2.16. The molecular formula is C14H19NO2S. The van der Waals surface area contributed by atoms with E-state index in [1.54, 1.807) is 30.3 Å². The molecule has 0 amide bonds. The highest BCUT2D eigenvalue weighted by atomic mass is 32.2. The molecule has 1 unspecified atom stereocenters. The van der Waals surface area contributed by atoms with E-state index in [4.69, 9.17) is 0 Å². The van der Waals surface area contributed by atoms with E-state index in [9.17, 15) is 8.42 Å². The van der Waals surface area contributed by atoms with Crippen molar-refractivity contribution in [2.75, 3.05) is 0 Å². The third kappa shape index (κ3) is 4.49. The van der Waals surface area contributed by atoms with E-state index in [0.29, 0.717) is 4.90 Å². The molecule has 0 saturated carbocycles. The second-order valence-corrected chi connectivity index (χ2v) is 6.03. The van der Waals surface area contributed by atoms with Crippen LogP contribution in [-0.2, 0) is 10.0 Å². The van der Waals surface area contributed by atoms with Crippen molar-refractivity contribution in [1.29, 1.82) is 0 Å². The van der Waals surface area contributed by atoms with Gasteiger partial charge in [0, 0.05) is 6.04 Å². The summed E-state index contributed by atoms with van der Waals surface area (Å²) < 4.78 is 26.7. The Morgan fingerprint density at radius 2 is 2.00 bits per heavy atom. The van der Waals surface area contributed by atoms with E-state index >= 15 is 0 Å². The molecule has 98 valence electrons. The number of hydrogen-bond donors (Lipinski definition) is 1. The SMILES string of the molecule is C=C=CCCC(C)NS(=O)(=O)c1ccc(C)cc1. The van der Waals surface area contributed by atoms with Crippen LogP contribution in [-0.4, -0.2) is 14.5 Å². The van der Waals surface area contributed by atoms with Crippen molar-refractivity contribution in [3.05, 3.63) is 48.2 Å². The third-order valence-electron chi connectivity index (χ3n) is 2.58. The standard InChI is InChI=1S/C14H19NO2S/c1-4-5-6-7-13(3)15-18(16,17)14-10-8-12(2)9-11-14/h5,8-11,13,15H,1,6-7H2,2-3H3. The highest BCUT2D eigenvalue weighted by molar-refractivity contribution is 7.89. The number of sulfonamides is 1. The number of benzene rings is 1. The van der Waals surface area contributed by atoms with E-state index in [2.05, 4.69) is 17.0 Å². The molecule has 0 saturated heterocycles. The normalized spacial score (nSPS) is 12.8. The molecule has 4 heteroatoms. The Balaban J connectivity index is 2.69. The predicted octanol–water partition coefficient (Wildman–Crippen LogP) is 2.78. The van der Waals surface area contributed by atoms with Gasteiger partial charge in [-0.1, -0.05) is 24.3 Å². The lowest BCUT2D eigenvalue weighted by Gasteiger charge is -2.13. The Kier molecular flexibility index (Phi) is 5.35. The van der Waals surface area contributed by atoms with E-state index in [1.807, 2.05) is 13.8 Å². The summed E-state index contributed by atoms with van der Waals surface area (Å²) in [5.74, 6) is 0. The molecule has 1 aromatic rings. The highest BCUT2D eigenvalue weighted by Crippen LogP contribution is 2.11. The zero-order chi connectivity index (χ0) is 13.6. The van der Waals surface area contributed by atoms with Gasteiger partial charge < -0.3 is 0 Å². The first-order valence-corrected chi connectivity index (χ1v) is 7.37. The van der Waals surface area contributed by atoms with Crippen LogP contribution >= 0.6 is 0 Å². The zero-order valence-electron chi connectivity index (χ0n) is 10.8. The Labute approximate surface area is 109 Å². The molecule has 0 fully saturated rings. The molecule has 3 nitrogen and oxygen atoms in total. The first-order valence-electron chi connectivity index (χ1n) is 5.89. The van der Waals surface area contributed by atoms with Crippen molar-refractivity contribution in [2.45, 2.75) is 37.6 Å². The van der Waals surface area contributed by atoms with Crippen LogP contribution in [0.2, 0.25) is 0 Å². The van der Waals surface area contributed by atoms with Gasteiger partial charge in [0.25, 0.3) is 0 Å². The molecule has 0 bridgehead atoms. The van der Waals surface area contributed by atoms with Gasteiger partial charge >= 0.3 is 0 Å². The van der Waals surface area contributed by atoms with E-state index < -0.39 is 10.0 Å². The molecule has 18 heavy (non-hydrogen) atoms. The van der Waals surface area contributed by atoms with Gasteiger partial charge in [0.2, 0.25) is 10.0 Å². The monoisotopic (exact) mass is 265 g/mol. The lowest BCUT2D eigenvalue weighted by molar-refractivity contribution is 0.549. The van der Waals surface area contributed by atoms with Crippen LogP contribution in [0.25, 0.3) is 0 Å². The summed E-state index contributed by atoms with van der Waals surface area (Å²) >= 11 is 0. The van der Waals surface area contributed by atoms with Gasteiger partial charge in [0.1, 0.15) is 0 Å². The van der Waals surface area contributed by atoms with Gasteiger partial charge in [-0.15, -0.1) is 5.73 Å². The van der Waals surface area contributed by atoms with Gasteiger partial charge in [0.05, 0.1) is 4.90 Å². The Morgan fingerprint density at radius 1 is 1.39 bits per heavy atom. The molecule has 0 heterocycles. The largest absolute Gasteiger partial charge is 0.240 e. The van der Waals surface area contributed by atoms with Gasteiger partial charge in [-0.25, -0.2) is 13.1 Å². The van der Waals surface area contributed by atoms with E-state index in [1.165, 1.54) is 0 Å². The van der Waals surface area contributed by atoms with Gasteiger partial charge in [-0.2, -0.15) is 0 Å².